The summed E-state index contributed by atoms with van der Waals surface area (Å²) >= 11 is 0. The summed E-state index contributed by atoms with van der Waals surface area (Å²) in [5, 5.41) is 0. The molecule has 0 N–H and O–H groups in total. The molecule has 1 fully saturated rings. The third-order valence-electron chi connectivity index (χ3n) is 4.24. The Labute approximate surface area is 104 Å². The molecule has 0 bridgehead atoms. The molecular weight excluding hydrogens is 211 g/mol. The van der Waals surface area contributed by atoms with Crippen molar-refractivity contribution in [3.8, 4) is 0 Å². The van der Waals surface area contributed by atoms with E-state index in [2.05, 4.69) is 6.92 Å². The maximum Gasteiger partial charge on any atom is 0.126 e. The van der Waals surface area contributed by atoms with Crippen LogP contribution >= 0.6 is 0 Å². The standard InChI is InChI=1S/C16H23F/c1-11-4-5-14(8-11)6-7-15-9-13(3)16(17)10-12(15)2/h9-11,14H,4-8H2,1-3H3. The second-order valence-corrected chi connectivity index (χ2v) is 5.85. The summed E-state index contributed by atoms with van der Waals surface area (Å²) < 4.78 is 13.4. The van der Waals surface area contributed by atoms with E-state index >= 15 is 0 Å². The second kappa shape index (κ2) is 5.20. The van der Waals surface area contributed by atoms with Gasteiger partial charge in [0.2, 0.25) is 0 Å². The third kappa shape index (κ3) is 3.08. The van der Waals surface area contributed by atoms with Crippen molar-refractivity contribution in [3.63, 3.8) is 0 Å². The van der Waals surface area contributed by atoms with Crippen LogP contribution in [0.4, 0.5) is 4.39 Å². The molecule has 17 heavy (non-hydrogen) atoms. The van der Waals surface area contributed by atoms with Gasteiger partial charge in [-0.1, -0.05) is 25.8 Å². The lowest BCUT2D eigenvalue weighted by molar-refractivity contribution is 0.479. The third-order valence-corrected chi connectivity index (χ3v) is 4.24. The molecular formula is C16H23F. The summed E-state index contributed by atoms with van der Waals surface area (Å²) in [7, 11) is 0. The van der Waals surface area contributed by atoms with Gasteiger partial charge < -0.3 is 0 Å². The Bertz CT molecular complexity index is 395. The minimum atomic E-state index is -0.0688. The Morgan fingerprint density at radius 3 is 2.59 bits per heavy atom. The quantitative estimate of drug-likeness (QED) is 0.704. The number of hydrogen-bond donors (Lipinski definition) is 0. The van der Waals surface area contributed by atoms with E-state index in [1.807, 2.05) is 19.9 Å². The zero-order valence-corrected chi connectivity index (χ0v) is 11.2. The zero-order valence-electron chi connectivity index (χ0n) is 11.2. The Morgan fingerprint density at radius 1 is 1.18 bits per heavy atom. The molecule has 0 amide bonds. The molecule has 0 radical (unpaired) electrons. The summed E-state index contributed by atoms with van der Waals surface area (Å²) in [6, 6.07) is 3.71. The predicted octanol–water partition coefficient (Wildman–Crippen LogP) is 4.81. The van der Waals surface area contributed by atoms with Gasteiger partial charge in [0.1, 0.15) is 5.82 Å². The van der Waals surface area contributed by atoms with Crippen molar-refractivity contribution < 1.29 is 4.39 Å². The molecule has 1 aromatic rings. The molecule has 2 rings (SSSR count). The minimum absolute atomic E-state index is 0.0688. The topological polar surface area (TPSA) is 0 Å². The lowest BCUT2D eigenvalue weighted by Crippen LogP contribution is -2.00. The minimum Gasteiger partial charge on any atom is -0.207 e. The van der Waals surface area contributed by atoms with Crippen LogP contribution in [0.1, 0.15) is 49.3 Å². The van der Waals surface area contributed by atoms with E-state index in [0.717, 1.165) is 29.4 Å². The van der Waals surface area contributed by atoms with Crippen molar-refractivity contribution in [2.75, 3.05) is 0 Å². The molecule has 0 heterocycles. The highest BCUT2D eigenvalue weighted by Gasteiger charge is 2.21. The van der Waals surface area contributed by atoms with Crippen LogP contribution in [0.25, 0.3) is 0 Å². The summed E-state index contributed by atoms with van der Waals surface area (Å²) in [4.78, 5) is 0. The molecule has 1 saturated carbocycles. The molecule has 2 atom stereocenters. The highest BCUT2D eigenvalue weighted by atomic mass is 19.1. The highest BCUT2D eigenvalue weighted by molar-refractivity contribution is 5.31. The van der Waals surface area contributed by atoms with Crippen molar-refractivity contribution in [2.45, 2.75) is 52.9 Å². The van der Waals surface area contributed by atoms with Gasteiger partial charge in [0, 0.05) is 0 Å². The van der Waals surface area contributed by atoms with Gasteiger partial charge in [-0.2, -0.15) is 0 Å². The van der Waals surface area contributed by atoms with Gasteiger partial charge in [0.25, 0.3) is 0 Å². The van der Waals surface area contributed by atoms with Gasteiger partial charge in [-0.15, -0.1) is 0 Å². The maximum atomic E-state index is 13.4. The van der Waals surface area contributed by atoms with E-state index < -0.39 is 0 Å². The number of rotatable bonds is 3. The molecule has 2 unspecified atom stereocenters. The van der Waals surface area contributed by atoms with Crippen molar-refractivity contribution in [2.24, 2.45) is 11.8 Å². The van der Waals surface area contributed by atoms with Gasteiger partial charge >= 0.3 is 0 Å². The predicted molar refractivity (Wildman–Crippen MR) is 70.7 cm³/mol. The smallest absolute Gasteiger partial charge is 0.126 e. The van der Waals surface area contributed by atoms with Crippen molar-refractivity contribution in [1.82, 2.24) is 0 Å². The molecule has 0 aliphatic heterocycles. The largest absolute Gasteiger partial charge is 0.207 e. The molecule has 0 spiro atoms. The average molecular weight is 234 g/mol. The van der Waals surface area contributed by atoms with Crippen LogP contribution in [0.15, 0.2) is 12.1 Å². The Hall–Kier alpha value is -0.850. The number of benzene rings is 1. The lowest BCUT2D eigenvalue weighted by atomic mass is 9.94. The Balaban J connectivity index is 1.97. The SMILES string of the molecule is Cc1cc(CCC2CCC(C)C2)c(C)cc1F. The first kappa shape index (κ1) is 12.6. The fraction of sp³-hybridized carbons (Fsp3) is 0.625. The molecule has 0 aromatic heterocycles. The summed E-state index contributed by atoms with van der Waals surface area (Å²) in [6.45, 7) is 6.23. The fourth-order valence-electron chi connectivity index (χ4n) is 3.06. The van der Waals surface area contributed by atoms with E-state index in [1.165, 1.54) is 31.2 Å². The fourth-order valence-corrected chi connectivity index (χ4v) is 3.06. The van der Waals surface area contributed by atoms with Crippen LogP contribution in [0.3, 0.4) is 0 Å². The summed E-state index contributed by atoms with van der Waals surface area (Å²) in [5.74, 6) is 1.74. The van der Waals surface area contributed by atoms with E-state index in [9.17, 15) is 4.39 Å². The normalized spacial score (nSPS) is 24.2. The van der Waals surface area contributed by atoms with Crippen LogP contribution in [0.5, 0.6) is 0 Å². The average Bonchev–Trinajstić information content (AvgIpc) is 2.68. The first-order chi connectivity index (χ1) is 8.06. The van der Waals surface area contributed by atoms with Gasteiger partial charge in [-0.3, -0.25) is 0 Å². The number of halogens is 1. The van der Waals surface area contributed by atoms with Crippen LogP contribution in [-0.2, 0) is 6.42 Å². The Morgan fingerprint density at radius 2 is 1.94 bits per heavy atom. The molecule has 1 heteroatoms. The molecule has 94 valence electrons. The monoisotopic (exact) mass is 234 g/mol. The molecule has 0 saturated heterocycles. The zero-order chi connectivity index (χ0) is 12.4. The Kier molecular flexibility index (Phi) is 3.86. The van der Waals surface area contributed by atoms with Crippen molar-refractivity contribution >= 4 is 0 Å². The van der Waals surface area contributed by atoms with Gasteiger partial charge in [-0.25, -0.2) is 4.39 Å². The molecule has 0 nitrogen and oxygen atoms in total. The van der Waals surface area contributed by atoms with Gasteiger partial charge in [-0.05, 0) is 67.7 Å². The van der Waals surface area contributed by atoms with Gasteiger partial charge in [0.05, 0.1) is 0 Å². The van der Waals surface area contributed by atoms with Crippen molar-refractivity contribution in [3.05, 3.63) is 34.6 Å². The van der Waals surface area contributed by atoms with E-state index in [1.54, 1.807) is 6.07 Å². The van der Waals surface area contributed by atoms with Crippen LogP contribution in [-0.4, -0.2) is 0 Å². The van der Waals surface area contributed by atoms with Crippen LogP contribution in [0.2, 0.25) is 0 Å². The van der Waals surface area contributed by atoms with Crippen molar-refractivity contribution in [1.29, 1.82) is 0 Å². The van der Waals surface area contributed by atoms with Crippen LogP contribution in [0, 0.1) is 31.5 Å². The lowest BCUT2D eigenvalue weighted by Gasteiger charge is -2.12. The van der Waals surface area contributed by atoms with E-state index in [4.69, 9.17) is 0 Å². The maximum absolute atomic E-state index is 13.4. The summed E-state index contributed by atoms with van der Waals surface area (Å²) in [6.07, 6.45) is 6.56. The van der Waals surface area contributed by atoms with E-state index in [0.29, 0.717) is 0 Å². The first-order valence-electron chi connectivity index (χ1n) is 6.82. The number of hydrogen-bond acceptors (Lipinski definition) is 0. The van der Waals surface area contributed by atoms with E-state index in [-0.39, 0.29) is 5.82 Å². The summed E-state index contributed by atoms with van der Waals surface area (Å²) in [5.41, 5.74) is 3.23. The second-order valence-electron chi connectivity index (χ2n) is 5.85. The molecule has 1 aliphatic carbocycles. The molecule has 1 aliphatic rings. The molecule has 1 aromatic carbocycles. The highest BCUT2D eigenvalue weighted by Crippen LogP contribution is 2.33. The first-order valence-corrected chi connectivity index (χ1v) is 6.82. The number of aryl methyl sites for hydroxylation is 3. The van der Waals surface area contributed by atoms with Crippen LogP contribution < -0.4 is 0 Å². The van der Waals surface area contributed by atoms with Gasteiger partial charge in [0.15, 0.2) is 0 Å².